The van der Waals surface area contributed by atoms with Crippen molar-refractivity contribution in [2.45, 2.75) is 38.1 Å². The van der Waals surface area contributed by atoms with E-state index in [-0.39, 0.29) is 0 Å². The van der Waals surface area contributed by atoms with E-state index >= 15 is 0 Å². The largest absolute Gasteiger partial charge is 0.413 e. The second-order valence-corrected chi connectivity index (χ2v) is 7.88. The van der Waals surface area contributed by atoms with Gasteiger partial charge in [0, 0.05) is 6.54 Å². The average Bonchev–Trinajstić information content (AvgIpc) is 1.86. The molecule has 1 atom stereocenters. The van der Waals surface area contributed by atoms with Crippen molar-refractivity contribution in [3.8, 4) is 0 Å². The zero-order valence-electron chi connectivity index (χ0n) is 6.89. The van der Waals surface area contributed by atoms with Crippen LogP contribution in [0.5, 0.6) is 0 Å². The molecule has 1 heterocycles. The molecule has 2 N–H and O–H groups in total. The molecule has 0 aliphatic carbocycles. The Balaban J connectivity index is 2.40. The van der Waals surface area contributed by atoms with Gasteiger partial charge in [-0.15, -0.1) is 0 Å². The highest BCUT2D eigenvalue weighted by Crippen LogP contribution is 2.24. The minimum Gasteiger partial charge on any atom is -0.413 e. The molecule has 0 spiro atoms. The molecule has 1 saturated heterocycles. The molecular formula is C7H17NOSi. The van der Waals surface area contributed by atoms with Gasteiger partial charge in [0.2, 0.25) is 0 Å². The second kappa shape index (κ2) is 3.03. The molecule has 1 aliphatic heterocycles. The molecule has 2 nitrogen and oxygen atoms in total. The minimum atomic E-state index is -1.25. The topological polar surface area (TPSA) is 35.2 Å². The van der Waals surface area contributed by atoms with Crippen molar-refractivity contribution in [3.63, 3.8) is 0 Å². The summed E-state index contributed by atoms with van der Waals surface area (Å²) >= 11 is 0. The lowest BCUT2D eigenvalue weighted by Crippen LogP contribution is -2.42. The molecule has 0 bridgehead atoms. The molecule has 0 aromatic carbocycles. The maximum absolute atomic E-state index is 5.84. The van der Waals surface area contributed by atoms with E-state index in [1.54, 1.807) is 0 Å². The Labute approximate surface area is 63.9 Å². The monoisotopic (exact) mass is 159 g/mol. The molecule has 1 rings (SSSR count). The van der Waals surface area contributed by atoms with Crippen LogP contribution in [0.2, 0.25) is 19.1 Å². The molecule has 0 aromatic heterocycles. The van der Waals surface area contributed by atoms with E-state index in [9.17, 15) is 0 Å². The maximum atomic E-state index is 5.84. The second-order valence-electron chi connectivity index (χ2n) is 3.63. The van der Waals surface area contributed by atoms with E-state index in [0.29, 0.717) is 12.6 Å². The van der Waals surface area contributed by atoms with Crippen molar-refractivity contribution >= 4 is 8.32 Å². The molecule has 60 valence electrons. The van der Waals surface area contributed by atoms with Crippen molar-refractivity contribution in [2.24, 2.45) is 5.73 Å². The summed E-state index contributed by atoms with van der Waals surface area (Å²) in [7, 11) is -1.25. The van der Waals surface area contributed by atoms with Crippen LogP contribution in [-0.4, -0.2) is 21.0 Å². The van der Waals surface area contributed by atoms with Gasteiger partial charge >= 0.3 is 0 Å². The van der Waals surface area contributed by atoms with E-state index in [4.69, 9.17) is 10.2 Å². The SMILES string of the molecule is C[Si]1(C)CCCC(CN)O1. The maximum Gasteiger partial charge on any atom is 0.187 e. The van der Waals surface area contributed by atoms with Gasteiger partial charge < -0.3 is 10.2 Å². The van der Waals surface area contributed by atoms with Crippen molar-refractivity contribution < 1.29 is 4.43 Å². The fourth-order valence-electron chi connectivity index (χ4n) is 1.49. The summed E-state index contributed by atoms with van der Waals surface area (Å²) in [5.41, 5.74) is 5.52. The fourth-order valence-corrected chi connectivity index (χ4v) is 3.78. The highest BCUT2D eigenvalue weighted by molar-refractivity contribution is 6.71. The zero-order valence-corrected chi connectivity index (χ0v) is 7.89. The van der Waals surface area contributed by atoms with Crippen LogP contribution in [0.3, 0.4) is 0 Å². The van der Waals surface area contributed by atoms with Gasteiger partial charge in [0.05, 0.1) is 6.10 Å². The van der Waals surface area contributed by atoms with Gasteiger partial charge in [-0.25, -0.2) is 0 Å². The van der Waals surface area contributed by atoms with Crippen molar-refractivity contribution in [1.82, 2.24) is 0 Å². The summed E-state index contributed by atoms with van der Waals surface area (Å²) in [4.78, 5) is 0. The van der Waals surface area contributed by atoms with Crippen molar-refractivity contribution in [2.75, 3.05) is 6.54 Å². The standard InChI is InChI=1S/C7H17NOSi/c1-10(2)5-3-4-7(6-8)9-10/h7H,3-6,8H2,1-2H3. The molecule has 1 aliphatic rings. The van der Waals surface area contributed by atoms with Gasteiger partial charge in [0.15, 0.2) is 8.32 Å². The lowest BCUT2D eigenvalue weighted by atomic mass is 10.2. The summed E-state index contributed by atoms with van der Waals surface area (Å²) in [6, 6.07) is 1.31. The van der Waals surface area contributed by atoms with Crippen LogP contribution >= 0.6 is 0 Å². The highest BCUT2D eigenvalue weighted by Gasteiger charge is 2.29. The van der Waals surface area contributed by atoms with Crippen molar-refractivity contribution in [3.05, 3.63) is 0 Å². The van der Waals surface area contributed by atoms with Gasteiger partial charge in [0.1, 0.15) is 0 Å². The first-order valence-electron chi connectivity index (χ1n) is 4.02. The molecule has 0 amide bonds. The first-order chi connectivity index (χ1) is 4.64. The Kier molecular flexibility index (Phi) is 2.49. The number of rotatable bonds is 1. The van der Waals surface area contributed by atoms with Crippen LogP contribution in [0.25, 0.3) is 0 Å². The number of nitrogens with two attached hydrogens (primary N) is 1. The van der Waals surface area contributed by atoms with Crippen LogP contribution in [0, 0.1) is 0 Å². The van der Waals surface area contributed by atoms with E-state index in [1.165, 1.54) is 18.9 Å². The summed E-state index contributed by atoms with van der Waals surface area (Å²) < 4.78 is 5.84. The Morgan fingerprint density at radius 3 is 2.70 bits per heavy atom. The number of hydrogen-bond donors (Lipinski definition) is 1. The smallest absolute Gasteiger partial charge is 0.187 e. The van der Waals surface area contributed by atoms with Crippen LogP contribution in [0.4, 0.5) is 0 Å². The van der Waals surface area contributed by atoms with Crippen LogP contribution in [0.15, 0.2) is 0 Å². The molecule has 10 heavy (non-hydrogen) atoms. The van der Waals surface area contributed by atoms with Crippen LogP contribution < -0.4 is 5.73 Å². The minimum absolute atomic E-state index is 0.371. The predicted molar refractivity (Wildman–Crippen MR) is 45.5 cm³/mol. The first-order valence-corrected chi connectivity index (χ1v) is 7.13. The Bertz CT molecular complexity index is 116. The molecule has 3 heteroatoms. The van der Waals surface area contributed by atoms with Gasteiger partial charge in [0.25, 0.3) is 0 Å². The lowest BCUT2D eigenvalue weighted by molar-refractivity contribution is 0.168. The highest BCUT2D eigenvalue weighted by atomic mass is 28.4. The first kappa shape index (κ1) is 8.24. The fraction of sp³-hybridized carbons (Fsp3) is 1.00. The summed E-state index contributed by atoms with van der Waals surface area (Å²) in [5, 5.41) is 0. The average molecular weight is 159 g/mol. The summed E-state index contributed by atoms with van der Waals surface area (Å²) in [5.74, 6) is 0. The molecule has 1 unspecified atom stereocenters. The number of hydrogen-bond acceptors (Lipinski definition) is 2. The van der Waals surface area contributed by atoms with Crippen LogP contribution in [0.1, 0.15) is 12.8 Å². The summed E-state index contributed by atoms with van der Waals surface area (Å²) in [6.07, 6.45) is 2.86. The predicted octanol–water partition coefficient (Wildman–Crippen LogP) is 1.33. The third-order valence-corrected chi connectivity index (χ3v) is 4.58. The molecule has 0 radical (unpaired) electrons. The lowest BCUT2D eigenvalue weighted by Gasteiger charge is -2.33. The van der Waals surface area contributed by atoms with E-state index < -0.39 is 8.32 Å². The van der Waals surface area contributed by atoms with Gasteiger partial charge in [-0.1, -0.05) is 6.42 Å². The van der Waals surface area contributed by atoms with Gasteiger partial charge in [-0.3, -0.25) is 0 Å². The zero-order chi connectivity index (χ0) is 7.61. The quantitative estimate of drug-likeness (QED) is 0.586. The normalized spacial score (nSPS) is 32.1. The van der Waals surface area contributed by atoms with E-state index in [1.807, 2.05) is 0 Å². The van der Waals surface area contributed by atoms with Crippen molar-refractivity contribution in [1.29, 1.82) is 0 Å². The van der Waals surface area contributed by atoms with E-state index in [2.05, 4.69) is 13.1 Å². The Hall–Kier alpha value is 0.137. The van der Waals surface area contributed by atoms with Gasteiger partial charge in [-0.05, 0) is 25.6 Å². The molecule has 1 fully saturated rings. The summed E-state index contributed by atoms with van der Waals surface area (Å²) in [6.45, 7) is 5.25. The van der Waals surface area contributed by atoms with Gasteiger partial charge in [-0.2, -0.15) is 0 Å². The molecule has 0 aromatic rings. The van der Waals surface area contributed by atoms with Crippen LogP contribution in [-0.2, 0) is 4.43 Å². The Morgan fingerprint density at radius 1 is 1.60 bits per heavy atom. The third-order valence-electron chi connectivity index (χ3n) is 2.05. The third kappa shape index (κ3) is 2.07. The Morgan fingerprint density at radius 2 is 2.30 bits per heavy atom. The molecular weight excluding hydrogens is 142 g/mol. The molecule has 0 saturated carbocycles. The van der Waals surface area contributed by atoms with E-state index in [0.717, 1.165) is 0 Å².